The number of pyridine rings is 1. The van der Waals surface area contributed by atoms with E-state index in [1.807, 2.05) is 0 Å². The number of ether oxygens (including phenoxy) is 1. The van der Waals surface area contributed by atoms with E-state index in [1.165, 1.54) is 19.3 Å². The first-order chi connectivity index (χ1) is 9.11. The molecule has 96 valence electrons. The van der Waals surface area contributed by atoms with E-state index in [2.05, 4.69) is 9.72 Å². The number of benzene rings is 1. The molecule has 0 aliphatic carbocycles. The van der Waals surface area contributed by atoms with E-state index in [1.54, 1.807) is 24.4 Å². The lowest BCUT2D eigenvalue weighted by Crippen LogP contribution is -1.95. The van der Waals surface area contributed by atoms with Crippen LogP contribution < -0.4 is 0 Å². The van der Waals surface area contributed by atoms with Crippen molar-refractivity contribution in [1.29, 1.82) is 0 Å². The van der Waals surface area contributed by atoms with Crippen LogP contribution in [0, 0.1) is 10.1 Å². The molecular formula is C13H10N2O4. The molecule has 6 nitrogen and oxygen atoms in total. The van der Waals surface area contributed by atoms with Crippen molar-refractivity contribution in [2.75, 3.05) is 7.11 Å². The van der Waals surface area contributed by atoms with Gasteiger partial charge in [0, 0.05) is 23.7 Å². The molecule has 19 heavy (non-hydrogen) atoms. The molecule has 1 heterocycles. The van der Waals surface area contributed by atoms with Crippen molar-refractivity contribution in [1.82, 2.24) is 4.98 Å². The van der Waals surface area contributed by atoms with Crippen LogP contribution in [0.3, 0.4) is 0 Å². The van der Waals surface area contributed by atoms with E-state index in [9.17, 15) is 14.9 Å². The highest BCUT2D eigenvalue weighted by atomic mass is 16.6. The molecule has 1 aromatic carbocycles. The van der Waals surface area contributed by atoms with Gasteiger partial charge in [0.1, 0.15) is 0 Å². The summed E-state index contributed by atoms with van der Waals surface area (Å²) in [6.07, 6.45) is 4.08. The molecular weight excluding hydrogens is 248 g/mol. The van der Waals surface area contributed by atoms with Crippen molar-refractivity contribution in [2.24, 2.45) is 0 Å². The van der Waals surface area contributed by atoms with E-state index in [0.29, 0.717) is 16.5 Å². The first kappa shape index (κ1) is 12.7. The van der Waals surface area contributed by atoms with Gasteiger partial charge in [0.2, 0.25) is 0 Å². The van der Waals surface area contributed by atoms with Gasteiger partial charge in [0.05, 0.1) is 23.1 Å². The van der Waals surface area contributed by atoms with Gasteiger partial charge in [-0.25, -0.2) is 4.79 Å². The van der Waals surface area contributed by atoms with Gasteiger partial charge in [-0.2, -0.15) is 0 Å². The zero-order valence-corrected chi connectivity index (χ0v) is 10.1. The average molecular weight is 258 g/mol. The zero-order valence-electron chi connectivity index (χ0n) is 10.1. The lowest BCUT2D eigenvalue weighted by molar-refractivity contribution is -0.384. The van der Waals surface area contributed by atoms with E-state index in [4.69, 9.17) is 0 Å². The summed E-state index contributed by atoms with van der Waals surface area (Å²) in [7, 11) is 1.24. The third-order valence-corrected chi connectivity index (χ3v) is 2.55. The number of rotatable bonds is 3. The highest BCUT2D eigenvalue weighted by Crippen LogP contribution is 2.25. The van der Waals surface area contributed by atoms with Gasteiger partial charge in [0.25, 0.3) is 5.69 Å². The van der Waals surface area contributed by atoms with Gasteiger partial charge < -0.3 is 4.74 Å². The molecule has 2 rings (SSSR count). The molecule has 2 aromatic rings. The Hall–Kier alpha value is -2.76. The maximum Gasteiger partial charge on any atom is 0.330 e. The summed E-state index contributed by atoms with van der Waals surface area (Å²) < 4.78 is 4.45. The minimum absolute atomic E-state index is 0.0827. The third-order valence-electron chi connectivity index (χ3n) is 2.55. The highest BCUT2D eigenvalue weighted by Gasteiger charge is 2.13. The second kappa shape index (κ2) is 5.26. The molecule has 0 N–H and O–H groups in total. The first-order valence-corrected chi connectivity index (χ1v) is 5.41. The Kier molecular flexibility index (Phi) is 3.51. The van der Waals surface area contributed by atoms with Crippen molar-refractivity contribution in [3.8, 4) is 0 Å². The molecule has 0 bridgehead atoms. The van der Waals surface area contributed by atoms with Gasteiger partial charge >= 0.3 is 5.97 Å². The number of fused-ring (bicyclic) bond motifs is 1. The van der Waals surface area contributed by atoms with Crippen LogP contribution in [-0.4, -0.2) is 23.0 Å². The van der Waals surface area contributed by atoms with Crippen LogP contribution in [0.4, 0.5) is 5.69 Å². The molecule has 0 aliphatic heterocycles. The van der Waals surface area contributed by atoms with E-state index >= 15 is 0 Å². The Morgan fingerprint density at radius 1 is 1.47 bits per heavy atom. The van der Waals surface area contributed by atoms with E-state index in [0.717, 1.165) is 6.08 Å². The van der Waals surface area contributed by atoms with Crippen LogP contribution in [0.15, 0.2) is 36.5 Å². The van der Waals surface area contributed by atoms with Crippen LogP contribution in [0.25, 0.3) is 17.0 Å². The second-order valence-electron chi connectivity index (χ2n) is 3.72. The number of carbonyl (C=O) groups excluding carboxylic acids is 1. The highest BCUT2D eigenvalue weighted by molar-refractivity contribution is 5.91. The standard InChI is InChI=1S/C13H10N2O4/c1-19-13(16)5-4-10-7-11-9(3-2-6-14-11)8-12(10)15(17)18/h2-8H,1H3. The SMILES string of the molecule is COC(=O)C=Cc1cc2ncccc2cc1[N+](=O)[O-]. The number of hydrogen-bond acceptors (Lipinski definition) is 5. The molecule has 0 saturated carbocycles. The first-order valence-electron chi connectivity index (χ1n) is 5.41. The van der Waals surface area contributed by atoms with Gasteiger partial charge in [-0.05, 0) is 18.2 Å². The number of nitrogens with zero attached hydrogens (tertiary/aromatic N) is 2. The fourth-order valence-corrected chi connectivity index (χ4v) is 1.64. The lowest BCUT2D eigenvalue weighted by atomic mass is 10.1. The van der Waals surface area contributed by atoms with Gasteiger partial charge in [-0.15, -0.1) is 0 Å². The minimum Gasteiger partial charge on any atom is -0.466 e. The number of nitro benzene ring substituents is 1. The maximum atomic E-state index is 11.0. The largest absolute Gasteiger partial charge is 0.466 e. The Morgan fingerprint density at radius 3 is 2.95 bits per heavy atom. The molecule has 0 spiro atoms. The normalized spacial score (nSPS) is 10.8. The summed E-state index contributed by atoms with van der Waals surface area (Å²) in [4.78, 5) is 25.7. The van der Waals surface area contributed by atoms with E-state index in [-0.39, 0.29) is 5.69 Å². The Labute approximate surface area is 108 Å². The lowest BCUT2D eigenvalue weighted by Gasteiger charge is -2.01. The molecule has 0 unspecified atom stereocenters. The summed E-state index contributed by atoms with van der Waals surface area (Å²) in [5.41, 5.74) is 0.847. The number of aromatic nitrogens is 1. The van der Waals surface area contributed by atoms with Crippen LogP contribution >= 0.6 is 0 Å². The van der Waals surface area contributed by atoms with Crippen molar-refractivity contribution in [2.45, 2.75) is 0 Å². The topological polar surface area (TPSA) is 82.3 Å². The van der Waals surface area contributed by atoms with Crippen molar-refractivity contribution in [3.63, 3.8) is 0 Å². The molecule has 0 radical (unpaired) electrons. The molecule has 0 amide bonds. The maximum absolute atomic E-state index is 11.0. The average Bonchev–Trinajstić information content (AvgIpc) is 2.43. The fourth-order valence-electron chi connectivity index (χ4n) is 1.64. The number of hydrogen-bond donors (Lipinski definition) is 0. The number of methoxy groups -OCH3 is 1. The minimum atomic E-state index is -0.574. The molecule has 0 saturated heterocycles. The van der Waals surface area contributed by atoms with E-state index < -0.39 is 10.9 Å². The number of carbonyl (C=O) groups is 1. The predicted octanol–water partition coefficient (Wildman–Crippen LogP) is 2.33. The third kappa shape index (κ3) is 2.74. The Balaban J connectivity index is 2.57. The summed E-state index contributed by atoms with van der Waals surface area (Å²) in [5.74, 6) is -0.574. The van der Waals surface area contributed by atoms with Gasteiger partial charge in [0.15, 0.2) is 0 Å². The molecule has 0 fully saturated rings. The number of nitro groups is 1. The predicted molar refractivity (Wildman–Crippen MR) is 69.4 cm³/mol. The zero-order chi connectivity index (χ0) is 13.8. The smallest absolute Gasteiger partial charge is 0.330 e. The summed E-state index contributed by atoms with van der Waals surface area (Å²) >= 11 is 0. The quantitative estimate of drug-likeness (QED) is 0.365. The van der Waals surface area contributed by atoms with Crippen molar-refractivity contribution < 1.29 is 14.5 Å². The van der Waals surface area contributed by atoms with Crippen LogP contribution in [0.1, 0.15) is 5.56 Å². The van der Waals surface area contributed by atoms with Crippen LogP contribution in [-0.2, 0) is 9.53 Å². The second-order valence-corrected chi connectivity index (χ2v) is 3.72. The van der Waals surface area contributed by atoms with Gasteiger partial charge in [-0.3, -0.25) is 15.1 Å². The fraction of sp³-hybridized carbons (Fsp3) is 0.0769. The summed E-state index contributed by atoms with van der Waals surface area (Å²) in [5, 5.41) is 11.7. The van der Waals surface area contributed by atoms with Crippen molar-refractivity contribution in [3.05, 3.63) is 52.2 Å². The molecule has 1 aromatic heterocycles. The monoisotopic (exact) mass is 258 g/mol. The van der Waals surface area contributed by atoms with Crippen molar-refractivity contribution >= 4 is 28.6 Å². The number of esters is 1. The summed E-state index contributed by atoms with van der Waals surface area (Å²) in [6, 6.07) is 6.44. The van der Waals surface area contributed by atoms with Crippen LogP contribution in [0.2, 0.25) is 0 Å². The van der Waals surface area contributed by atoms with Gasteiger partial charge in [-0.1, -0.05) is 6.07 Å². The summed E-state index contributed by atoms with van der Waals surface area (Å²) in [6.45, 7) is 0. The molecule has 0 atom stereocenters. The Morgan fingerprint density at radius 2 is 2.26 bits per heavy atom. The molecule has 0 aliphatic rings. The Bertz CT molecular complexity index is 679. The van der Waals surface area contributed by atoms with Crippen LogP contribution in [0.5, 0.6) is 0 Å². The molecule has 6 heteroatoms.